The van der Waals surface area contributed by atoms with Gasteiger partial charge in [-0.15, -0.1) is 0 Å². The molecule has 6 nitrogen and oxygen atoms in total. The van der Waals surface area contributed by atoms with E-state index in [-0.39, 0.29) is 34.3 Å². The molecule has 0 aliphatic rings. The summed E-state index contributed by atoms with van der Waals surface area (Å²) in [5.74, 6) is -0.0566. The molecule has 3 aromatic rings. The van der Waals surface area contributed by atoms with Gasteiger partial charge in [0.25, 0.3) is 5.56 Å². The summed E-state index contributed by atoms with van der Waals surface area (Å²) in [5.41, 5.74) is 0.897. The number of aromatic hydroxyl groups is 3. The first-order valence-corrected chi connectivity index (χ1v) is 8.56. The van der Waals surface area contributed by atoms with Gasteiger partial charge in [-0.1, -0.05) is 19.8 Å². The third kappa shape index (κ3) is 3.74. The zero-order chi connectivity index (χ0) is 18.7. The molecule has 1 aromatic heterocycles. The summed E-state index contributed by atoms with van der Waals surface area (Å²) in [4.78, 5) is 15.2. The molecule has 2 aromatic carbocycles. The fourth-order valence-electron chi connectivity index (χ4n) is 2.86. The lowest BCUT2D eigenvalue weighted by atomic mass is 10.1. The fourth-order valence-corrected chi connectivity index (χ4v) is 2.86. The normalized spacial score (nSPS) is 11.0. The largest absolute Gasteiger partial charge is 0.508 e. The maximum atomic E-state index is 12.4. The summed E-state index contributed by atoms with van der Waals surface area (Å²) in [5, 5.41) is 29.9. The Labute approximate surface area is 150 Å². The van der Waals surface area contributed by atoms with Gasteiger partial charge < -0.3 is 25.0 Å². The Hall–Kier alpha value is -3.15. The molecule has 26 heavy (non-hydrogen) atoms. The van der Waals surface area contributed by atoms with E-state index in [4.69, 9.17) is 4.74 Å². The number of hydrogen-bond acceptors (Lipinski definition) is 5. The molecular weight excluding hydrogens is 334 g/mol. The van der Waals surface area contributed by atoms with Gasteiger partial charge in [-0.05, 0) is 37.1 Å². The molecular formula is C20H21NO5. The van der Waals surface area contributed by atoms with Crippen molar-refractivity contribution in [3.63, 3.8) is 0 Å². The summed E-state index contributed by atoms with van der Waals surface area (Å²) < 4.78 is 5.66. The third-order valence-corrected chi connectivity index (χ3v) is 4.19. The molecule has 0 aliphatic heterocycles. The van der Waals surface area contributed by atoms with E-state index < -0.39 is 0 Å². The van der Waals surface area contributed by atoms with Gasteiger partial charge in [-0.3, -0.25) is 4.79 Å². The molecule has 0 spiro atoms. The minimum Gasteiger partial charge on any atom is -0.508 e. The van der Waals surface area contributed by atoms with Gasteiger partial charge in [0.1, 0.15) is 11.5 Å². The number of benzene rings is 2. The van der Waals surface area contributed by atoms with E-state index in [0.717, 1.165) is 25.3 Å². The highest BCUT2D eigenvalue weighted by Gasteiger charge is 2.12. The van der Waals surface area contributed by atoms with Crippen molar-refractivity contribution in [2.24, 2.45) is 0 Å². The quantitative estimate of drug-likeness (QED) is 0.497. The Bertz CT molecular complexity index is 993. The first-order chi connectivity index (χ1) is 12.5. The lowest BCUT2D eigenvalue weighted by molar-refractivity contribution is 0.402. The van der Waals surface area contributed by atoms with Crippen molar-refractivity contribution >= 4 is 10.9 Å². The van der Waals surface area contributed by atoms with E-state index in [1.54, 1.807) is 12.1 Å². The Morgan fingerprint density at radius 1 is 0.962 bits per heavy atom. The highest BCUT2D eigenvalue weighted by molar-refractivity contribution is 5.86. The second-order valence-electron chi connectivity index (χ2n) is 6.24. The second kappa shape index (κ2) is 7.39. The van der Waals surface area contributed by atoms with Crippen LogP contribution in [0, 0.1) is 0 Å². The summed E-state index contributed by atoms with van der Waals surface area (Å²) in [6, 6.07) is 8.59. The van der Waals surface area contributed by atoms with Crippen LogP contribution in [0.5, 0.6) is 28.7 Å². The first-order valence-electron chi connectivity index (χ1n) is 8.56. The molecule has 0 saturated carbocycles. The summed E-state index contributed by atoms with van der Waals surface area (Å²) >= 11 is 0. The molecule has 0 atom stereocenters. The lowest BCUT2D eigenvalue weighted by Crippen LogP contribution is -2.12. The Balaban J connectivity index is 2.02. The number of unbranched alkanes of at least 4 members (excludes halogenated alkanes) is 2. The number of aryl methyl sites for hydroxylation is 1. The maximum absolute atomic E-state index is 12.4. The minimum absolute atomic E-state index is 0.0164. The highest BCUT2D eigenvalue weighted by atomic mass is 16.5. The number of H-pyrrole nitrogens is 1. The molecule has 0 fully saturated rings. The smallest absolute Gasteiger partial charge is 0.251 e. The van der Waals surface area contributed by atoms with Gasteiger partial charge in [0.05, 0.1) is 5.52 Å². The molecule has 3 rings (SSSR count). The molecule has 0 aliphatic carbocycles. The van der Waals surface area contributed by atoms with Crippen molar-refractivity contribution in [3.05, 3.63) is 52.3 Å². The average molecular weight is 355 g/mol. The van der Waals surface area contributed by atoms with Crippen LogP contribution in [0.15, 0.2) is 41.2 Å². The molecule has 1 heterocycles. The number of phenolic OH excluding ortho intramolecular Hbond substituents is 3. The van der Waals surface area contributed by atoms with Crippen LogP contribution < -0.4 is 10.3 Å². The van der Waals surface area contributed by atoms with Crippen LogP contribution in [-0.4, -0.2) is 20.3 Å². The van der Waals surface area contributed by atoms with E-state index in [1.165, 1.54) is 18.2 Å². The number of hydrogen-bond donors (Lipinski definition) is 4. The zero-order valence-electron chi connectivity index (χ0n) is 14.5. The first kappa shape index (κ1) is 17.7. The van der Waals surface area contributed by atoms with Crippen LogP contribution in [0.1, 0.15) is 31.7 Å². The van der Waals surface area contributed by atoms with E-state index in [0.29, 0.717) is 22.9 Å². The van der Waals surface area contributed by atoms with Gasteiger partial charge in [0, 0.05) is 23.1 Å². The SMILES string of the molecule is CCCCCc1cc2cc(O)cc(Oc3ccc(O)cc3O)c2[nH]c1=O. The van der Waals surface area contributed by atoms with Gasteiger partial charge in [-0.25, -0.2) is 0 Å². The molecule has 0 radical (unpaired) electrons. The summed E-state index contributed by atoms with van der Waals surface area (Å²) in [6.07, 6.45) is 3.71. The van der Waals surface area contributed by atoms with Crippen LogP contribution in [0.4, 0.5) is 0 Å². The number of rotatable bonds is 6. The number of pyridine rings is 1. The van der Waals surface area contributed by atoms with E-state index in [9.17, 15) is 20.1 Å². The molecule has 0 bridgehead atoms. The number of fused-ring (bicyclic) bond motifs is 1. The second-order valence-corrected chi connectivity index (χ2v) is 6.24. The molecule has 136 valence electrons. The molecule has 6 heteroatoms. The van der Waals surface area contributed by atoms with Crippen LogP contribution in [0.2, 0.25) is 0 Å². The fraction of sp³-hybridized carbons (Fsp3) is 0.250. The van der Waals surface area contributed by atoms with Crippen molar-refractivity contribution in [3.8, 4) is 28.7 Å². The van der Waals surface area contributed by atoms with Crippen LogP contribution >= 0.6 is 0 Å². The van der Waals surface area contributed by atoms with Crippen molar-refractivity contribution < 1.29 is 20.1 Å². The van der Waals surface area contributed by atoms with Gasteiger partial charge >= 0.3 is 0 Å². The number of nitrogens with one attached hydrogen (secondary N) is 1. The Morgan fingerprint density at radius 2 is 1.77 bits per heavy atom. The van der Waals surface area contributed by atoms with E-state index in [1.807, 2.05) is 0 Å². The zero-order valence-corrected chi connectivity index (χ0v) is 14.5. The molecule has 0 amide bonds. The number of aromatic amines is 1. The Kier molecular flexibility index (Phi) is 5.02. The minimum atomic E-state index is -0.250. The highest BCUT2D eigenvalue weighted by Crippen LogP contribution is 2.37. The maximum Gasteiger partial charge on any atom is 0.251 e. The van der Waals surface area contributed by atoms with E-state index >= 15 is 0 Å². The Morgan fingerprint density at radius 3 is 2.50 bits per heavy atom. The van der Waals surface area contributed by atoms with Gasteiger partial charge in [0.2, 0.25) is 0 Å². The van der Waals surface area contributed by atoms with Crippen molar-refractivity contribution in [1.29, 1.82) is 0 Å². The summed E-state index contributed by atoms with van der Waals surface area (Å²) in [7, 11) is 0. The topological polar surface area (TPSA) is 103 Å². The summed E-state index contributed by atoms with van der Waals surface area (Å²) in [6.45, 7) is 2.10. The van der Waals surface area contributed by atoms with Crippen molar-refractivity contribution in [1.82, 2.24) is 4.98 Å². The lowest BCUT2D eigenvalue weighted by Gasteiger charge is -2.12. The van der Waals surface area contributed by atoms with E-state index in [2.05, 4.69) is 11.9 Å². The molecule has 0 unspecified atom stereocenters. The third-order valence-electron chi connectivity index (χ3n) is 4.19. The van der Waals surface area contributed by atoms with Crippen molar-refractivity contribution in [2.45, 2.75) is 32.6 Å². The molecule has 0 saturated heterocycles. The number of phenols is 3. The monoisotopic (exact) mass is 355 g/mol. The van der Waals surface area contributed by atoms with Crippen LogP contribution in [0.25, 0.3) is 10.9 Å². The predicted octanol–water partition coefficient (Wildman–Crippen LogP) is 4.17. The number of ether oxygens (including phenoxy) is 1. The molecule has 4 N–H and O–H groups in total. The van der Waals surface area contributed by atoms with Crippen LogP contribution in [0.3, 0.4) is 0 Å². The van der Waals surface area contributed by atoms with Gasteiger partial charge in [-0.2, -0.15) is 0 Å². The predicted molar refractivity (Wildman–Crippen MR) is 99.3 cm³/mol. The number of aromatic nitrogens is 1. The van der Waals surface area contributed by atoms with Crippen LogP contribution in [-0.2, 0) is 6.42 Å². The van der Waals surface area contributed by atoms with Crippen molar-refractivity contribution in [2.75, 3.05) is 0 Å². The standard InChI is InChI=1S/C20H21NO5/c1-2-3-4-5-12-8-13-9-15(23)11-18(19(13)21-20(12)25)26-17-7-6-14(22)10-16(17)24/h6-11,22-24H,2-5H2,1H3,(H,21,25). The van der Waals surface area contributed by atoms with Gasteiger partial charge in [0.15, 0.2) is 17.2 Å². The average Bonchev–Trinajstić information content (AvgIpc) is 2.58.